The van der Waals surface area contributed by atoms with Crippen LogP contribution in [0.1, 0.15) is 13.8 Å². The second-order valence-electron chi connectivity index (χ2n) is 3.99. The van der Waals surface area contributed by atoms with Crippen molar-refractivity contribution in [1.29, 1.82) is 0 Å². The molecule has 0 saturated carbocycles. The zero-order valence-corrected chi connectivity index (χ0v) is 12.1. The largest absolute Gasteiger partial charge is 0.368 e. The fraction of sp³-hybridized carbons (Fsp3) is 0.545. The Hall–Kier alpha value is -0.320. The van der Waals surface area contributed by atoms with Gasteiger partial charge in [0.05, 0.1) is 5.02 Å². The van der Waals surface area contributed by atoms with Crippen LogP contribution in [0.15, 0.2) is 16.7 Å². The van der Waals surface area contributed by atoms with Gasteiger partial charge in [0.15, 0.2) is 0 Å². The Bertz CT molecular complexity index is 344. The predicted octanol–water partition coefficient (Wildman–Crippen LogP) is 3.25. The number of rotatable bonds is 5. The third kappa shape index (κ3) is 4.28. The van der Waals surface area contributed by atoms with Crippen LogP contribution < -0.4 is 5.32 Å². The van der Waals surface area contributed by atoms with E-state index in [0.717, 1.165) is 23.4 Å². The van der Waals surface area contributed by atoms with Crippen molar-refractivity contribution in [2.24, 2.45) is 0 Å². The van der Waals surface area contributed by atoms with Gasteiger partial charge in [-0.15, -0.1) is 0 Å². The highest BCUT2D eigenvalue weighted by Crippen LogP contribution is 2.22. The standard InChI is InChI=1S/C11H17BrClN3/c1-8(2)16(3)5-4-14-11-10(13)6-9(12)7-15-11/h6-8H,4-5H2,1-3H3,(H,14,15). The van der Waals surface area contributed by atoms with Gasteiger partial charge in [-0.25, -0.2) is 4.98 Å². The molecule has 0 unspecified atom stereocenters. The Labute approximate surface area is 110 Å². The summed E-state index contributed by atoms with van der Waals surface area (Å²) in [6, 6.07) is 2.39. The molecule has 0 aliphatic carbocycles. The van der Waals surface area contributed by atoms with Gasteiger partial charge in [-0.1, -0.05) is 11.6 Å². The molecule has 1 N–H and O–H groups in total. The molecule has 90 valence electrons. The summed E-state index contributed by atoms with van der Waals surface area (Å²) in [7, 11) is 2.10. The Kier molecular flexibility index (Phi) is 5.52. The van der Waals surface area contributed by atoms with Crippen LogP contribution in [-0.4, -0.2) is 36.1 Å². The summed E-state index contributed by atoms with van der Waals surface area (Å²) in [5, 5.41) is 3.86. The lowest BCUT2D eigenvalue weighted by Crippen LogP contribution is -2.31. The van der Waals surface area contributed by atoms with Crippen LogP contribution in [0, 0.1) is 0 Å². The number of nitrogens with one attached hydrogen (secondary N) is 1. The van der Waals surface area contributed by atoms with Crippen molar-refractivity contribution >= 4 is 33.3 Å². The average molecular weight is 307 g/mol. The van der Waals surface area contributed by atoms with Crippen LogP contribution in [0.25, 0.3) is 0 Å². The van der Waals surface area contributed by atoms with Gasteiger partial charge < -0.3 is 10.2 Å². The molecule has 1 rings (SSSR count). The van der Waals surface area contributed by atoms with Gasteiger partial charge in [-0.3, -0.25) is 0 Å². The van der Waals surface area contributed by atoms with Crippen molar-refractivity contribution in [3.63, 3.8) is 0 Å². The normalized spacial score (nSPS) is 11.2. The quantitative estimate of drug-likeness (QED) is 0.905. The van der Waals surface area contributed by atoms with Crippen LogP contribution in [0.4, 0.5) is 5.82 Å². The Balaban J connectivity index is 2.43. The lowest BCUT2D eigenvalue weighted by Gasteiger charge is -2.21. The van der Waals surface area contributed by atoms with Crippen molar-refractivity contribution in [2.75, 3.05) is 25.5 Å². The zero-order valence-electron chi connectivity index (χ0n) is 9.80. The van der Waals surface area contributed by atoms with Crippen LogP contribution in [0.3, 0.4) is 0 Å². The van der Waals surface area contributed by atoms with Crippen molar-refractivity contribution in [1.82, 2.24) is 9.88 Å². The summed E-state index contributed by atoms with van der Waals surface area (Å²) in [6.07, 6.45) is 1.74. The second-order valence-corrected chi connectivity index (χ2v) is 5.31. The number of nitrogens with zero attached hydrogens (tertiary/aromatic N) is 2. The minimum absolute atomic E-state index is 0.551. The predicted molar refractivity (Wildman–Crippen MR) is 73.2 cm³/mol. The van der Waals surface area contributed by atoms with E-state index in [1.54, 1.807) is 6.20 Å². The molecule has 0 fully saturated rings. The molecule has 0 saturated heterocycles. The van der Waals surface area contributed by atoms with E-state index in [1.807, 2.05) is 6.07 Å². The first-order valence-corrected chi connectivity index (χ1v) is 6.43. The maximum atomic E-state index is 6.04. The first-order chi connectivity index (χ1) is 7.50. The minimum atomic E-state index is 0.551. The smallest absolute Gasteiger partial charge is 0.144 e. The first-order valence-electron chi connectivity index (χ1n) is 5.26. The van der Waals surface area contributed by atoms with Gasteiger partial charge in [0, 0.05) is 29.8 Å². The second kappa shape index (κ2) is 6.42. The van der Waals surface area contributed by atoms with E-state index in [0.29, 0.717) is 11.1 Å². The van der Waals surface area contributed by atoms with E-state index in [1.165, 1.54) is 0 Å². The van der Waals surface area contributed by atoms with Crippen LogP contribution >= 0.6 is 27.5 Å². The van der Waals surface area contributed by atoms with Crippen molar-refractivity contribution in [3.05, 3.63) is 21.8 Å². The summed E-state index contributed by atoms with van der Waals surface area (Å²) >= 11 is 9.36. The van der Waals surface area contributed by atoms with Gasteiger partial charge in [0.1, 0.15) is 5.82 Å². The Morgan fingerprint density at radius 2 is 2.25 bits per heavy atom. The summed E-state index contributed by atoms with van der Waals surface area (Å²) in [5.41, 5.74) is 0. The highest BCUT2D eigenvalue weighted by atomic mass is 79.9. The molecule has 16 heavy (non-hydrogen) atoms. The van der Waals surface area contributed by atoms with E-state index < -0.39 is 0 Å². The fourth-order valence-electron chi connectivity index (χ4n) is 1.15. The number of hydrogen-bond donors (Lipinski definition) is 1. The van der Waals surface area contributed by atoms with Crippen molar-refractivity contribution in [2.45, 2.75) is 19.9 Å². The van der Waals surface area contributed by atoms with E-state index in [4.69, 9.17) is 11.6 Å². The molecule has 1 aromatic rings. The molecule has 0 aromatic carbocycles. The number of hydrogen-bond acceptors (Lipinski definition) is 3. The highest BCUT2D eigenvalue weighted by molar-refractivity contribution is 9.10. The molecular weight excluding hydrogens is 289 g/mol. The first kappa shape index (κ1) is 13.7. The van der Waals surface area contributed by atoms with E-state index >= 15 is 0 Å². The molecule has 0 aliphatic heterocycles. The van der Waals surface area contributed by atoms with Crippen molar-refractivity contribution < 1.29 is 0 Å². The van der Waals surface area contributed by atoms with Crippen LogP contribution in [0.2, 0.25) is 5.02 Å². The lowest BCUT2D eigenvalue weighted by molar-refractivity contribution is 0.284. The van der Waals surface area contributed by atoms with Gasteiger partial charge >= 0.3 is 0 Å². The third-order valence-corrected chi connectivity index (χ3v) is 3.17. The van der Waals surface area contributed by atoms with Gasteiger partial charge in [-0.05, 0) is 42.9 Å². The van der Waals surface area contributed by atoms with E-state index in [-0.39, 0.29) is 0 Å². The number of aromatic nitrogens is 1. The van der Waals surface area contributed by atoms with Gasteiger partial charge in [0.2, 0.25) is 0 Å². The summed E-state index contributed by atoms with van der Waals surface area (Å²) in [6.45, 7) is 6.14. The monoisotopic (exact) mass is 305 g/mol. The molecule has 1 heterocycles. The number of halogens is 2. The number of anilines is 1. The number of pyridine rings is 1. The molecule has 3 nitrogen and oxygen atoms in total. The van der Waals surface area contributed by atoms with E-state index in [9.17, 15) is 0 Å². The molecular formula is C11H17BrClN3. The lowest BCUT2D eigenvalue weighted by atomic mass is 10.3. The molecule has 0 amide bonds. The molecule has 1 aromatic heterocycles. The molecule has 5 heteroatoms. The summed E-state index contributed by atoms with van der Waals surface area (Å²) < 4.78 is 0.891. The molecule has 0 atom stereocenters. The fourth-order valence-corrected chi connectivity index (χ4v) is 1.85. The van der Waals surface area contributed by atoms with E-state index in [2.05, 4.69) is 52.0 Å². The summed E-state index contributed by atoms with van der Waals surface area (Å²) in [4.78, 5) is 6.47. The summed E-state index contributed by atoms with van der Waals surface area (Å²) in [5.74, 6) is 0.738. The van der Waals surface area contributed by atoms with Crippen LogP contribution in [0.5, 0.6) is 0 Å². The maximum absolute atomic E-state index is 6.04. The molecule has 0 bridgehead atoms. The topological polar surface area (TPSA) is 28.2 Å². The van der Waals surface area contributed by atoms with Crippen molar-refractivity contribution in [3.8, 4) is 0 Å². The minimum Gasteiger partial charge on any atom is -0.368 e. The maximum Gasteiger partial charge on any atom is 0.144 e. The van der Waals surface area contributed by atoms with Crippen LogP contribution in [-0.2, 0) is 0 Å². The average Bonchev–Trinajstić information content (AvgIpc) is 2.20. The van der Waals surface area contributed by atoms with Gasteiger partial charge in [-0.2, -0.15) is 0 Å². The third-order valence-electron chi connectivity index (χ3n) is 2.45. The Morgan fingerprint density at radius 1 is 1.56 bits per heavy atom. The molecule has 0 aliphatic rings. The Morgan fingerprint density at radius 3 is 2.81 bits per heavy atom. The highest BCUT2D eigenvalue weighted by Gasteiger charge is 2.04. The zero-order chi connectivity index (χ0) is 12.1. The molecule has 0 radical (unpaired) electrons. The molecule has 0 spiro atoms. The SMILES string of the molecule is CC(C)N(C)CCNc1ncc(Br)cc1Cl. The van der Waals surface area contributed by atoms with Gasteiger partial charge in [0.25, 0.3) is 0 Å². The number of likely N-dealkylation sites (N-methyl/N-ethyl adjacent to an activating group) is 1.